The predicted molar refractivity (Wildman–Crippen MR) is 146 cm³/mol. The molecule has 0 spiro atoms. The SMILES string of the molecule is C.Cc1cc(Nc2nc(NC3CCOCC3)c(C(C)C)nc2C(N)=O)ccc1N1CCN(C)CC1.F. The number of primary amides is 1. The van der Waals surface area contributed by atoms with Gasteiger partial charge in [0.05, 0.1) is 5.69 Å². The summed E-state index contributed by atoms with van der Waals surface area (Å²) in [6, 6.07) is 6.50. The number of amides is 1. The first-order valence-corrected chi connectivity index (χ1v) is 12.2. The van der Waals surface area contributed by atoms with E-state index in [-0.39, 0.29) is 29.8 Å². The maximum atomic E-state index is 12.3. The number of carbonyl (C=O) groups excluding carboxylic acids is 1. The molecule has 1 amide bonds. The Morgan fingerprint density at radius 2 is 1.78 bits per heavy atom. The molecule has 0 saturated carbocycles. The molecule has 2 aromatic rings. The third kappa shape index (κ3) is 6.82. The van der Waals surface area contributed by atoms with Gasteiger partial charge in [0.2, 0.25) is 0 Å². The second-order valence-electron chi connectivity index (χ2n) is 9.62. The lowest BCUT2D eigenvalue weighted by Gasteiger charge is -2.35. The number of aryl methyl sites for hydroxylation is 1. The average molecular weight is 504 g/mol. The maximum absolute atomic E-state index is 12.3. The Bertz CT molecular complexity index is 1020. The van der Waals surface area contributed by atoms with Gasteiger partial charge >= 0.3 is 0 Å². The number of likely N-dealkylation sites (N-methyl/N-ethyl adjacent to an activating group) is 1. The fourth-order valence-corrected chi connectivity index (χ4v) is 4.52. The van der Waals surface area contributed by atoms with Crippen LogP contribution in [0.1, 0.15) is 61.8 Å². The molecule has 2 aliphatic heterocycles. The average Bonchev–Trinajstić information content (AvgIpc) is 2.80. The van der Waals surface area contributed by atoms with Gasteiger partial charge in [0.15, 0.2) is 17.3 Å². The van der Waals surface area contributed by atoms with Crippen molar-refractivity contribution in [2.45, 2.75) is 53.0 Å². The predicted octanol–water partition coefficient (Wildman–Crippen LogP) is 3.88. The van der Waals surface area contributed by atoms with E-state index in [0.29, 0.717) is 11.6 Å². The zero-order valence-electron chi connectivity index (χ0n) is 21.1. The summed E-state index contributed by atoms with van der Waals surface area (Å²) in [7, 11) is 2.16. The Balaban J connectivity index is 0.00000228. The van der Waals surface area contributed by atoms with Gasteiger partial charge in [-0.1, -0.05) is 21.3 Å². The van der Waals surface area contributed by atoms with E-state index in [4.69, 9.17) is 15.5 Å². The van der Waals surface area contributed by atoms with Crippen molar-refractivity contribution < 1.29 is 14.2 Å². The van der Waals surface area contributed by atoms with Crippen molar-refractivity contribution >= 4 is 28.9 Å². The summed E-state index contributed by atoms with van der Waals surface area (Å²) in [4.78, 5) is 26.5. The number of carbonyl (C=O) groups is 1. The molecule has 0 radical (unpaired) electrons. The van der Waals surface area contributed by atoms with Gasteiger partial charge in [-0.25, -0.2) is 9.97 Å². The number of halogens is 1. The lowest BCUT2D eigenvalue weighted by atomic mass is 10.1. The number of anilines is 4. The van der Waals surface area contributed by atoms with Crippen molar-refractivity contribution in [2.24, 2.45) is 5.73 Å². The number of benzene rings is 1. The molecule has 1 aromatic heterocycles. The lowest BCUT2D eigenvalue weighted by molar-refractivity contribution is 0.0903. The molecule has 0 bridgehead atoms. The first-order valence-electron chi connectivity index (χ1n) is 12.2. The van der Waals surface area contributed by atoms with Crippen LogP contribution in [0.5, 0.6) is 0 Å². The Morgan fingerprint density at radius 3 is 2.36 bits per heavy atom. The quantitative estimate of drug-likeness (QED) is 0.522. The molecule has 2 fully saturated rings. The van der Waals surface area contributed by atoms with E-state index in [0.717, 1.165) is 63.6 Å². The van der Waals surface area contributed by atoms with Crippen molar-refractivity contribution in [3.05, 3.63) is 35.2 Å². The highest BCUT2D eigenvalue weighted by Crippen LogP contribution is 2.30. The Kier molecular flexibility index (Phi) is 10.4. The standard InChI is InChI=1S/C25H37N7O2.CH4.FH/c1-16(2)21-24(27-18-7-13-34-14-8-18)30-25(22(29-21)23(26)33)28-19-5-6-20(17(3)15-19)32-11-9-31(4)10-12-32;;/h5-6,15-16,18H,7-14H2,1-4H3,(H2,26,33)(H2,27,28,30);1H4;1H. The number of nitrogens with zero attached hydrogens (tertiary/aromatic N) is 4. The first-order chi connectivity index (χ1) is 16.3. The van der Waals surface area contributed by atoms with E-state index in [2.05, 4.69) is 51.5 Å². The number of piperazine rings is 1. The van der Waals surface area contributed by atoms with E-state index in [1.165, 1.54) is 11.3 Å². The Labute approximate surface area is 214 Å². The number of hydrogen-bond donors (Lipinski definition) is 3. The van der Waals surface area contributed by atoms with Gasteiger partial charge in [-0.2, -0.15) is 0 Å². The minimum Gasteiger partial charge on any atom is -0.381 e. The molecule has 0 aliphatic carbocycles. The van der Waals surface area contributed by atoms with Crippen LogP contribution in [0, 0.1) is 6.92 Å². The Hall–Kier alpha value is -2.98. The van der Waals surface area contributed by atoms with Crippen molar-refractivity contribution in [1.82, 2.24) is 14.9 Å². The molecule has 36 heavy (non-hydrogen) atoms. The van der Waals surface area contributed by atoms with Gasteiger partial charge < -0.3 is 30.9 Å². The zero-order chi connectivity index (χ0) is 24.2. The molecule has 1 aromatic carbocycles. The van der Waals surface area contributed by atoms with Crippen LogP contribution >= 0.6 is 0 Å². The molecule has 4 N–H and O–H groups in total. The van der Waals surface area contributed by atoms with E-state index in [1.807, 2.05) is 19.9 Å². The van der Waals surface area contributed by atoms with Crippen LogP contribution in [-0.4, -0.2) is 73.3 Å². The van der Waals surface area contributed by atoms with E-state index in [1.54, 1.807) is 0 Å². The largest absolute Gasteiger partial charge is 0.381 e. The number of rotatable bonds is 7. The maximum Gasteiger partial charge on any atom is 0.271 e. The van der Waals surface area contributed by atoms with Crippen LogP contribution in [0.4, 0.5) is 27.7 Å². The molecular formula is C26H42FN7O2. The van der Waals surface area contributed by atoms with Crippen molar-refractivity contribution in [3.63, 3.8) is 0 Å². The van der Waals surface area contributed by atoms with Gasteiger partial charge in [0, 0.05) is 56.8 Å². The lowest BCUT2D eigenvalue weighted by Crippen LogP contribution is -2.44. The fraction of sp³-hybridized carbons (Fsp3) is 0.577. The van der Waals surface area contributed by atoms with Crippen LogP contribution in [-0.2, 0) is 4.74 Å². The third-order valence-electron chi connectivity index (χ3n) is 6.57. The van der Waals surface area contributed by atoms with Crippen LogP contribution in [0.2, 0.25) is 0 Å². The van der Waals surface area contributed by atoms with Crippen LogP contribution in [0.15, 0.2) is 18.2 Å². The van der Waals surface area contributed by atoms with Crippen LogP contribution < -0.4 is 21.3 Å². The number of nitrogens with two attached hydrogens (primary N) is 1. The van der Waals surface area contributed by atoms with E-state index >= 15 is 0 Å². The molecule has 2 saturated heterocycles. The highest BCUT2D eigenvalue weighted by Gasteiger charge is 2.23. The molecule has 2 aliphatic rings. The molecule has 3 heterocycles. The molecule has 200 valence electrons. The summed E-state index contributed by atoms with van der Waals surface area (Å²) in [5.74, 6) is 0.561. The van der Waals surface area contributed by atoms with Gasteiger partial charge in [-0.05, 0) is 56.5 Å². The van der Waals surface area contributed by atoms with Crippen molar-refractivity contribution in [1.29, 1.82) is 0 Å². The summed E-state index contributed by atoms with van der Waals surface area (Å²) >= 11 is 0. The molecule has 0 unspecified atom stereocenters. The number of nitrogens with one attached hydrogen (secondary N) is 2. The highest BCUT2D eigenvalue weighted by molar-refractivity contribution is 5.96. The number of hydrogen-bond acceptors (Lipinski definition) is 8. The molecule has 4 rings (SSSR count). The first kappa shape index (κ1) is 29.3. The van der Waals surface area contributed by atoms with Gasteiger partial charge in [0.1, 0.15) is 0 Å². The van der Waals surface area contributed by atoms with Crippen LogP contribution in [0.3, 0.4) is 0 Å². The second kappa shape index (κ2) is 12.8. The zero-order valence-corrected chi connectivity index (χ0v) is 21.1. The normalized spacial score (nSPS) is 16.8. The van der Waals surface area contributed by atoms with E-state index in [9.17, 15) is 4.79 Å². The van der Waals surface area contributed by atoms with Gasteiger partial charge in [0.25, 0.3) is 5.91 Å². The van der Waals surface area contributed by atoms with E-state index < -0.39 is 5.91 Å². The van der Waals surface area contributed by atoms with Gasteiger partial charge in [-0.15, -0.1) is 0 Å². The number of ether oxygens (including phenoxy) is 1. The number of aromatic nitrogens is 2. The summed E-state index contributed by atoms with van der Waals surface area (Å²) in [6.45, 7) is 11.8. The second-order valence-corrected chi connectivity index (χ2v) is 9.62. The monoisotopic (exact) mass is 503 g/mol. The topological polar surface area (TPSA) is 109 Å². The van der Waals surface area contributed by atoms with Crippen molar-refractivity contribution in [2.75, 3.05) is 62.0 Å². The minimum absolute atomic E-state index is 0. The van der Waals surface area contributed by atoms with Gasteiger partial charge in [-0.3, -0.25) is 9.50 Å². The molecular weight excluding hydrogens is 461 g/mol. The summed E-state index contributed by atoms with van der Waals surface area (Å²) in [5, 5.41) is 6.84. The van der Waals surface area contributed by atoms with Crippen LogP contribution in [0.25, 0.3) is 0 Å². The minimum atomic E-state index is -0.597. The molecule has 9 nitrogen and oxygen atoms in total. The summed E-state index contributed by atoms with van der Waals surface area (Å²) in [5.41, 5.74) is 9.85. The summed E-state index contributed by atoms with van der Waals surface area (Å²) < 4.78 is 5.48. The summed E-state index contributed by atoms with van der Waals surface area (Å²) in [6.07, 6.45) is 1.82. The molecule has 10 heteroatoms. The smallest absolute Gasteiger partial charge is 0.271 e. The Morgan fingerprint density at radius 1 is 1.11 bits per heavy atom. The van der Waals surface area contributed by atoms with Crippen molar-refractivity contribution in [3.8, 4) is 0 Å². The fourth-order valence-electron chi connectivity index (χ4n) is 4.52. The molecule has 0 atom stereocenters. The third-order valence-corrected chi connectivity index (χ3v) is 6.57. The highest BCUT2D eigenvalue weighted by atomic mass is 19.0.